The fourth-order valence-corrected chi connectivity index (χ4v) is 4.43. The molecular weight excluding hydrogens is 509 g/mol. The van der Waals surface area contributed by atoms with Gasteiger partial charge >= 0.3 is 6.18 Å². The van der Waals surface area contributed by atoms with Gasteiger partial charge in [0.15, 0.2) is 11.3 Å². The number of hydrogen-bond donors (Lipinski definition) is 1. The summed E-state index contributed by atoms with van der Waals surface area (Å²) >= 11 is 0. The van der Waals surface area contributed by atoms with Gasteiger partial charge in [-0.25, -0.2) is 9.50 Å². The van der Waals surface area contributed by atoms with E-state index in [-0.39, 0.29) is 16.9 Å². The van der Waals surface area contributed by atoms with Gasteiger partial charge in [-0.15, -0.1) is 0 Å². The molecule has 8 nitrogen and oxygen atoms in total. The molecule has 0 aliphatic heterocycles. The van der Waals surface area contributed by atoms with Gasteiger partial charge in [0.25, 0.3) is 5.91 Å². The Labute approximate surface area is 222 Å². The summed E-state index contributed by atoms with van der Waals surface area (Å²) in [6.45, 7) is 6.09. The third kappa shape index (κ3) is 5.07. The predicted octanol–water partition coefficient (Wildman–Crippen LogP) is 5.85. The van der Waals surface area contributed by atoms with E-state index in [1.165, 1.54) is 7.11 Å². The Balaban J connectivity index is 1.52. The number of carbonyl (C=O) groups is 1. The molecule has 0 atom stereocenters. The van der Waals surface area contributed by atoms with Gasteiger partial charge < -0.3 is 10.1 Å². The van der Waals surface area contributed by atoms with E-state index >= 15 is 0 Å². The lowest BCUT2D eigenvalue weighted by atomic mass is 10.1. The molecule has 200 valence electrons. The van der Waals surface area contributed by atoms with Crippen molar-refractivity contribution in [3.63, 3.8) is 0 Å². The second-order valence-electron chi connectivity index (χ2n) is 9.19. The number of benzene rings is 2. The number of fused-ring (bicyclic) bond motifs is 1. The fourth-order valence-electron chi connectivity index (χ4n) is 4.43. The van der Waals surface area contributed by atoms with Crippen molar-refractivity contribution in [2.75, 3.05) is 12.4 Å². The molecule has 0 radical (unpaired) electrons. The van der Waals surface area contributed by atoms with Gasteiger partial charge in [0.2, 0.25) is 0 Å². The number of anilines is 1. The van der Waals surface area contributed by atoms with E-state index in [0.29, 0.717) is 39.4 Å². The van der Waals surface area contributed by atoms with Crippen LogP contribution in [0.25, 0.3) is 16.9 Å². The van der Waals surface area contributed by atoms with Crippen LogP contribution in [0.1, 0.15) is 38.6 Å². The average molecular weight is 535 g/mol. The molecule has 0 saturated heterocycles. The Morgan fingerprint density at radius 2 is 1.79 bits per heavy atom. The molecule has 0 spiro atoms. The molecule has 1 amide bonds. The highest BCUT2D eigenvalue weighted by Crippen LogP contribution is 2.33. The zero-order valence-corrected chi connectivity index (χ0v) is 21.7. The summed E-state index contributed by atoms with van der Waals surface area (Å²) in [5.74, 6) is -0.0900. The number of amides is 1. The van der Waals surface area contributed by atoms with Crippen LogP contribution in [0.2, 0.25) is 0 Å². The first kappa shape index (κ1) is 26.0. The Morgan fingerprint density at radius 1 is 1.05 bits per heavy atom. The summed E-state index contributed by atoms with van der Waals surface area (Å²) in [5, 5.41) is 11.2. The molecule has 1 N–H and O–H groups in total. The Bertz CT molecular complexity index is 1690. The van der Waals surface area contributed by atoms with E-state index in [1.807, 2.05) is 32.0 Å². The van der Waals surface area contributed by atoms with Crippen molar-refractivity contribution in [3.05, 3.63) is 94.6 Å². The van der Waals surface area contributed by atoms with E-state index in [1.54, 1.807) is 35.9 Å². The molecule has 5 rings (SSSR count). The van der Waals surface area contributed by atoms with Crippen molar-refractivity contribution in [1.29, 1.82) is 0 Å². The number of alkyl halides is 3. The first-order valence-corrected chi connectivity index (χ1v) is 12.1. The second kappa shape index (κ2) is 9.90. The van der Waals surface area contributed by atoms with Crippen LogP contribution >= 0.6 is 0 Å². The van der Waals surface area contributed by atoms with Crippen molar-refractivity contribution in [3.8, 4) is 17.0 Å². The molecule has 2 aromatic carbocycles. The maximum atomic E-state index is 14.0. The molecule has 5 aromatic rings. The number of rotatable bonds is 6. The van der Waals surface area contributed by atoms with Crippen molar-refractivity contribution in [2.24, 2.45) is 0 Å². The van der Waals surface area contributed by atoms with Crippen LogP contribution in [0.15, 0.2) is 60.8 Å². The summed E-state index contributed by atoms with van der Waals surface area (Å²) in [6.07, 6.45) is -3.64. The van der Waals surface area contributed by atoms with Gasteiger partial charge in [-0.2, -0.15) is 23.4 Å². The predicted molar refractivity (Wildman–Crippen MR) is 140 cm³/mol. The highest BCUT2D eigenvalue weighted by molar-refractivity contribution is 6.08. The Hall–Kier alpha value is -4.67. The molecule has 0 unspecified atom stereocenters. The Kier molecular flexibility index (Phi) is 6.59. The quantitative estimate of drug-likeness (QED) is 0.296. The monoisotopic (exact) mass is 534 g/mol. The number of ether oxygens (including phenoxy) is 1. The van der Waals surface area contributed by atoms with Gasteiger partial charge in [0.1, 0.15) is 11.3 Å². The van der Waals surface area contributed by atoms with Gasteiger partial charge in [-0.05, 0) is 56.7 Å². The van der Waals surface area contributed by atoms with Crippen LogP contribution in [-0.4, -0.2) is 37.4 Å². The van der Waals surface area contributed by atoms with E-state index in [0.717, 1.165) is 23.4 Å². The molecule has 39 heavy (non-hydrogen) atoms. The average Bonchev–Trinajstić information content (AvgIpc) is 3.44. The summed E-state index contributed by atoms with van der Waals surface area (Å²) in [6, 6.07) is 15.4. The van der Waals surface area contributed by atoms with Crippen LogP contribution in [0.5, 0.6) is 5.75 Å². The molecular formula is C28H25F3N6O2. The number of halogens is 3. The lowest BCUT2D eigenvalue weighted by molar-refractivity contribution is -0.142. The summed E-state index contributed by atoms with van der Waals surface area (Å²) in [4.78, 5) is 17.7. The molecule has 0 fully saturated rings. The first-order valence-electron chi connectivity index (χ1n) is 12.1. The van der Waals surface area contributed by atoms with Crippen molar-refractivity contribution in [2.45, 2.75) is 33.5 Å². The topological polar surface area (TPSA) is 86.3 Å². The molecule has 11 heteroatoms. The van der Waals surface area contributed by atoms with Gasteiger partial charge in [-0.3, -0.25) is 9.48 Å². The molecule has 0 aliphatic rings. The summed E-state index contributed by atoms with van der Waals surface area (Å²) in [7, 11) is 1.49. The van der Waals surface area contributed by atoms with Crippen LogP contribution in [0, 0.1) is 20.8 Å². The van der Waals surface area contributed by atoms with Gasteiger partial charge in [0, 0.05) is 5.56 Å². The number of aromatic nitrogens is 5. The number of nitrogens with one attached hydrogen (secondary N) is 1. The lowest BCUT2D eigenvalue weighted by Crippen LogP contribution is -2.16. The van der Waals surface area contributed by atoms with E-state index in [2.05, 4.69) is 26.6 Å². The zero-order chi connectivity index (χ0) is 27.9. The number of hydrogen-bond acceptors (Lipinski definition) is 5. The normalized spacial score (nSPS) is 11.7. The molecule has 3 heterocycles. The highest BCUT2D eigenvalue weighted by atomic mass is 19.4. The van der Waals surface area contributed by atoms with Crippen LogP contribution < -0.4 is 10.1 Å². The van der Waals surface area contributed by atoms with Crippen molar-refractivity contribution >= 4 is 17.2 Å². The molecule has 0 saturated carbocycles. The lowest BCUT2D eigenvalue weighted by Gasteiger charge is -2.12. The second-order valence-corrected chi connectivity index (χ2v) is 9.19. The largest absolute Gasteiger partial charge is 0.497 e. The first-order chi connectivity index (χ1) is 18.5. The number of carbonyl (C=O) groups excluding carboxylic acids is 1. The SMILES string of the molecule is COc1ccc(-c2cc(C(F)(F)F)n3ncc(C(=O)Nc4c(C)nn(Cc5cccc(C)c5)c4C)c3n2)cc1. The minimum absolute atomic E-state index is 0.0466. The third-order valence-corrected chi connectivity index (χ3v) is 6.43. The highest BCUT2D eigenvalue weighted by Gasteiger charge is 2.36. The minimum Gasteiger partial charge on any atom is -0.497 e. The number of aryl methyl sites for hydroxylation is 2. The molecule has 0 aliphatic carbocycles. The summed E-state index contributed by atoms with van der Waals surface area (Å²) < 4.78 is 49.5. The maximum absolute atomic E-state index is 14.0. The smallest absolute Gasteiger partial charge is 0.433 e. The minimum atomic E-state index is -4.73. The zero-order valence-electron chi connectivity index (χ0n) is 21.7. The number of nitrogens with zero attached hydrogens (tertiary/aromatic N) is 5. The van der Waals surface area contributed by atoms with Crippen molar-refractivity contribution < 1.29 is 22.7 Å². The maximum Gasteiger partial charge on any atom is 0.433 e. The van der Waals surface area contributed by atoms with E-state index in [4.69, 9.17) is 4.74 Å². The molecule has 0 bridgehead atoms. The van der Waals surface area contributed by atoms with Crippen LogP contribution in [0.4, 0.5) is 18.9 Å². The van der Waals surface area contributed by atoms with Crippen molar-refractivity contribution in [1.82, 2.24) is 24.4 Å². The van der Waals surface area contributed by atoms with E-state index < -0.39 is 17.8 Å². The third-order valence-electron chi connectivity index (χ3n) is 6.43. The Morgan fingerprint density at radius 3 is 2.46 bits per heavy atom. The van der Waals surface area contributed by atoms with Gasteiger partial charge in [0.05, 0.1) is 42.6 Å². The number of methoxy groups -OCH3 is 1. The standard InChI is InChI=1S/C28H25F3N6O2/c1-16-6-5-7-19(12-16)15-36-18(3)25(17(2)35-36)34-27(38)22-14-32-37-24(28(29,30)31)13-23(33-26(22)37)20-8-10-21(39-4)11-9-20/h5-14H,15H2,1-4H3,(H,34,38). The van der Waals surface area contributed by atoms with E-state index in [9.17, 15) is 18.0 Å². The fraction of sp³-hybridized carbons (Fsp3) is 0.214. The van der Waals surface area contributed by atoms with Crippen LogP contribution in [-0.2, 0) is 12.7 Å². The van der Waals surface area contributed by atoms with Gasteiger partial charge in [-0.1, -0.05) is 29.8 Å². The molecule has 3 aromatic heterocycles. The van der Waals surface area contributed by atoms with Crippen LogP contribution in [0.3, 0.4) is 0 Å². The summed E-state index contributed by atoms with van der Waals surface area (Å²) in [5.41, 5.74) is 3.06.